The number of aliphatic hydroxyl groups excluding tert-OH is 1. The van der Waals surface area contributed by atoms with Crippen LogP contribution in [0.5, 0.6) is 0 Å². The highest BCUT2D eigenvalue weighted by atomic mass is 16.5. The predicted molar refractivity (Wildman–Crippen MR) is 72.6 cm³/mol. The summed E-state index contributed by atoms with van der Waals surface area (Å²) < 4.78 is 5.60. The Morgan fingerprint density at radius 3 is 2.67 bits per heavy atom. The standard InChI is InChI=1S/C16H18O2/c1-11-8-9-14(13-6-3-2-5-12(11)13)16(17)15-7-4-10-18-15/h2-3,5-6,8-9,15-17H,4,7,10H2,1H3. The lowest BCUT2D eigenvalue weighted by molar-refractivity contribution is -0.00186. The Labute approximate surface area is 107 Å². The second-order valence-corrected chi connectivity index (χ2v) is 5.01. The molecule has 0 aromatic heterocycles. The van der Waals surface area contributed by atoms with Gasteiger partial charge in [0.15, 0.2) is 0 Å². The highest BCUT2D eigenvalue weighted by Crippen LogP contribution is 2.32. The van der Waals surface area contributed by atoms with Crippen LogP contribution in [0, 0.1) is 6.92 Å². The molecule has 2 atom stereocenters. The first kappa shape index (κ1) is 11.7. The number of ether oxygens (including phenoxy) is 1. The molecular weight excluding hydrogens is 224 g/mol. The predicted octanol–water partition coefficient (Wildman–Crippen LogP) is 3.36. The molecule has 94 valence electrons. The molecule has 0 amide bonds. The third kappa shape index (κ3) is 1.92. The molecule has 0 spiro atoms. The molecule has 3 rings (SSSR count). The van der Waals surface area contributed by atoms with Gasteiger partial charge in [-0.15, -0.1) is 0 Å². The first-order valence-electron chi connectivity index (χ1n) is 6.55. The molecule has 0 saturated carbocycles. The van der Waals surface area contributed by atoms with Gasteiger partial charge in [0.25, 0.3) is 0 Å². The van der Waals surface area contributed by atoms with Gasteiger partial charge in [0.1, 0.15) is 6.10 Å². The van der Waals surface area contributed by atoms with E-state index in [4.69, 9.17) is 4.74 Å². The van der Waals surface area contributed by atoms with E-state index in [1.807, 2.05) is 18.2 Å². The number of benzene rings is 2. The normalized spacial score (nSPS) is 21.3. The molecule has 0 aliphatic carbocycles. The zero-order chi connectivity index (χ0) is 12.5. The molecule has 18 heavy (non-hydrogen) atoms. The summed E-state index contributed by atoms with van der Waals surface area (Å²) in [4.78, 5) is 0. The quantitative estimate of drug-likeness (QED) is 0.875. The van der Waals surface area contributed by atoms with Crippen LogP contribution in [-0.2, 0) is 4.74 Å². The minimum atomic E-state index is -0.516. The van der Waals surface area contributed by atoms with Crippen LogP contribution in [0.2, 0.25) is 0 Å². The van der Waals surface area contributed by atoms with Crippen molar-refractivity contribution in [3.63, 3.8) is 0 Å². The summed E-state index contributed by atoms with van der Waals surface area (Å²) in [5.41, 5.74) is 2.23. The minimum absolute atomic E-state index is 0.0453. The lowest BCUT2D eigenvalue weighted by Crippen LogP contribution is -2.17. The van der Waals surface area contributed by atoms with Gasteiger partial charge < -0.3 is 9.84 Å². The second kappa shape index (κ2) is 4.71. The Balaban J connectivity index is 2.08. The topological polar surface area (TPSA) is 29.5 Å². The van der Waals surface area contributed by atoms with Crippen LogP contribution in [0.4, 0.5) is 0 Å². The van der Waals surface area contributed by atoms with E-state index in [0.717, 1.165) is 30.4 Å². The van der Waals surface area contributed by atoms with Crippen molar-refractivity contribution < 1.29 is 9.84 Å². The molecule has 0 bridgehead atoms. The van der Waals surface area contributed by atoms with Crippen molar-refractivity contribution in [1.82, 2.24) is 0 Å². The van der Waals surface area contributed by atoms with Gasteiger partial charge in [0.2, 0.25) is 0 Å². The molecule has 1 aliphatic heterocycles. The SMILES string of the molecule is Cc1ccc(C(O)C2CCCO2)c2ccccc12. The van der Waals surface area contributed by atoms with Gasteiger partial charge in [-0.25, -0.2) is 0 Å². The molecule has 2 unspecified atom stereocenters. The summed E-state index contributed by atoms with van der Waals surface area (Å²) in [6.45, 7) is 2.87. The van der Waals surface area contributed by atoms with Crippen LogP contribution in [-0.4, -0.2) is 17.8 Å². The molecule has 2 nitrogen and oxygen atoms in total. The van der Waals surface area contributed by atoms with Crippen LogP contribution in [0.1, 0.15) is 30.1 Å². The van der Waals surface area contributed by atoms with E-state index in [9.17, 15) is 5.11 Å². The summed E-state index contributed by atoms with van der Waals surface area (Å²) in [5, 5.41) is 12.8. The minimum Gasteiger partial charge on any atom is -0.386 e. The molecule has 1 heterocycles. The van der Waals surface area contributed by atoms with Crippen molar-refractivity contribution in [2.45, 2.75) is 32.0 Å². The summed E-state index contributed by atoms with van der Waals surface area (Å²) in [6.07, 6.45) is 1.43. The Morgan fingerprint density at radius 1 is 1.17 bits per heavy atom. The fourth-order valence-electron chi connectivity index (χ4n) is 2.78. The second-order valence-electron chi connectivity index (χ2n) is 5.01. The summed E-state index contributed by atoms with van der Waals surface area (Å²) >= 11 is 0. The van der Waals surface area contributed by atoms with Crippen molar-refractivity contribution in [2.75, 3.05) is 6.61 Å². The van der Waals surface area contributed by atoms with E-state index in [-0.39, 0.29) is 6.10 Å². The van der Waals surface area contributed by atoms with Gasteiger partial charge in [-0.3, -0.25) is 0 Å². The maximum Gasteiger partial charge on any atom is 0.106 e. The number of hydrogen-bond donors (Lipinski definition) is 1. The molecular formula is C16H18O2. The molecule has 2 aromatic carbocycles. The van der Waals surface area contributed by atoms with Crippen LogP contribution < -0.4 is 0 Å². The van der Waals surface area contributed by atoms with Crippen LogP contribution >= 0.6 is 0 Å². The Kier molecular flexibility index (Phi) is 3.06. The van der Waals surface area contributed by atoms with E-state index >= 15 is 0 Å². The highest BCUT2D eigenvalue weighted by molar-refractivity contribution is 5.88. The molecule has 2 heteroatoms. The number of hydrogen-bond acceptors (Lipinski definition) is 2. The number of aryl methyl sites for hydroxylation is 1. The molecule has 1 N–H and O–H groups in total. The maximum absolute atomic E-state index is 10.5. The molecule has 1 saturated heterocycles. The maximum atomic E-state index is 10.5. The van der Waals surface area contributed by atoms with E-state index < -0.39 is 6.10 Å². The number of fused-ring (bicyclic) bond motifs is 1. The molecule has 1 fully saturated rings. The van der Waals surface area contributed by atoms with Gasteiger partial charge in [-0.05, 0) is 41.7 Å². The van der Waals surface area contributed by atoms with Gasteiger partial charge in [-0.2, -0.15) is 0 Å². The Bertz CT molecular complexity index is 556. The highest BCUT2D eigenvalue weighted by Gasteiger charge is 2.26. The van der Waals surface area contributed by atoms with Crippen molar-refractivity contribution in [1.29, 1.82) is 0 Å². The fourth-order valence-corrected chi connectivity index (χ4v) is 2.78. The summed E-state index contributed by atoms with van der Waals surface area (Å²) in [7, 11) is 0. The molecule has 1 aliphatic rings. The van der Waals surface area contributed by atoms with E-state index in [1.54, 1.807) is 0 Å². The third-order valence-corrected chi connectivity index (χ3v) is 3.81. The van der Waals surface area contributed by atoms with E-state index in [1.165, 1.54) is 10.9 Å². The van der Waals surface area contributed by atoms with E-state index in [0.29, 0.717) is 0 Å². The third-order valence-electron chi connectivity index (χ3n) is 3.81. The van der Waals surface area contributed by atoms with Crippen molar-refractivity contribution in [2.24, 2.45) is 0 Å². The van der Waals surface area contributed by atoms with E-state index in [2.05, 4.69) is 25.1 Å². The summed E-state index contributed by atoms with van der Waals surface area (Å²) in [6, 6.07) is 12.4. The average Bonchev–Trinajstić information content (AvgIpc) is 2.93. The fraction of sp³-hybridized carbons (Fsp3) is 0.375. The largest absolute Gasteiger partial charge is 0.386 e. The van der Waals surface area contributed by atoms with Crippen LogP contribution in [0.3, 0.4) is 0 Å². The molecule has 0 radical (unpaired) electrons. The smallest absolute Gasteiger partial charge is 0.106 e. The Morgan fingerprint density at radius 2 is 1.94 bits per heavy atom. The molecule has 2 aromatic rings. The van der Waals surface area contributed by atoms with Gasteiger partial charge in [0.05, 0.1) is 6.10 Å². The van der Waals surface area contributed by atoms with Crippen molar-refractivity contribution in [3.8, 4) is 0 Å². The van der Waals surface area contributed by atoms with Crippen molar-refractivity contribution in [3.05, 3.63) is 47.5 Å². The van der Waals surface area contributed by atoms with Crippen LogP contribution in [0.15, 0.2) is 36.4 Å². The van der Waals surface area contributed by atoms with Gasteiger partial charge >= 0.3 is 0 Å². The zero-order valence-corrected chi connectivity index (χ0v) is 10.6. The number of aliphatic hydroxyl groups is 1. The lowest BCUT2D eigenvalue weighted by atomic mass is 9.94. The Hall–Kier alpha value is -1.38. The first-order chi connectivity index (χ1) is 8.77. The first-order valence-corrected chi connectivity index (χ1v) is 6.55. The summed E-state index contributed by atoms with van der Waals surface area (Å²) in [5.74, 6) is 0. The monoisotopic (exact) mass is 242 g/mol. The lowest BCUT2D eigenvalue weighted by Gasteiger charge is -2.20. The van der Waals surface area contributed by atoms with Gasteiger partial charge in [-0.1, -0.05) is 36.4 Å². The zero-order valence-electron chi connectivity index (χ0n) is 10.6. The van der Waals surface area contributed by atoms with Crippen molar-refractivity contribution >= 4 is 10.8 Å². The average molecular weight is 242 g/mol. The van der Waals surface area contributed by atoms with Gasteiger partial charge in [0, 0.05) is 6.61 Å². The van der Waals surface area contributed by atoms with Crippen LogP contribution in [0.25, 0.3) is 10.8 Å². The number of rotatable bonds is 2.